The Kier molecular flexibility index (Phi) is 5.27. The fourth-order valence-electron chi connectivity index (χ4n) is 1.42. The van der Waals surface area contributed by atoms with Crippen LogP contribution in [0.15, 0.2) is 30.3 Å². The van der Waals surface area contributed by atoms with Crippen molar-refractivity contribution in [2.24, 2.45) is 5.92 Å². The topological polar surface area (TPSA) is 79.2 Å². The van der Waals surface area contributed by atoms with Gasteiger partial charge < -0.3 is 10.1 Å². The number of nitrogens with zero attached hydrogens (tertiary/aromatic N) is 1. The molecular weight excluding hydrogens is 256 g/mol. The summed E-state index contributed by atoms with van der Waals surface area (Å²) >= 11 is 0. The molecule has 1 atom stereocenters. The van der Waals surface area contributed by atoms with Crippen molar-refractivity contribution < 1.29 is 14.3 Å². The van der Waals surface area contributed by atoms with Gasteiger partial charge in [0.15, 0.2) is 6.61 Å². The lowest BCUT2D eigenvalue weighted by molar-refractivity contribution is -0.125. The van der Waals surface area contributed by atoms with Crippen LogP contribution in [0.3, 0.4) is 0 Å². The van der Waals surface area contributed by atoms with Crippen molar-refractivity contribution in [2.45, 2.75) is 26.3 Å². The molecule has 0 aromatic heterocycles. The van der Waals surface area contributed by atoms with Crippen LogP contribution in [-0.2, 0) is 9.53 Å². The number of rotatable bonds is 5. The molecule has 0 aliphatic rings. The van der Waals surface area contributed by atoms with E-state index in [1.807, 2.05) is 13.8 Å². The Bertz CT molecular complexity index is 520. The molecule has 0 spiro atoms. The largest absolute Gasteiger partial charge is 0.452 e. The average molecular weight is 274 g/mol. The van der Waals surface area contributed by atoms with E-state index in [4.69, 9.17) is 10.00 Å². The van der Waals surface area contributed by atoms with Crippen molar-refractivity contribution in [3.63, 3.8) is 0 Å². The van der Waals surface area contributed by atoms with E-state index in [-0.39, 0.29) is 5.92 Å². The standard InChI is InChI=1S/C15H18N2O3/c1-11(2)15(3,10-16)17-13(18)9-20-14(19)12-7-5-4-6-8-12/h4-8,11H,9H2,1-3H3,(H,17,18)/t15-/m0/s1. The molecule has 0 aliphatic carbocycles. The van der Waals surface area contributed by atoms with Crippen LogP contribution in [0, 0.1) is 17.2 Å². The molecule has 0 heterocycles. The maximum Gasteiger partial charge on any atom is 0.338 e. The van der Waals surface area contributed by atoms with E-state index >= 15 is 0 Å². The van der Waals surface area contributed by atoms with E-state index < -0.39 is 24.0 Å². The van der Waals surface area contributed by atoms with Crippen LogP contribution >= 0.6 is 0 Å². The van der Waals surface area contributed by atoms with Gasteiger partial charge in [-0.05, 0) is 25.0 Å². The molecule has 1 aromatic carbocycles. The molecule has 5 heteroatoms. The number of esters is 1. The number of amides is 1. The fourth-order valence-corrected chi connectivity index (χ4v) is 1.42. The van der Waals surface area contributed by atoms with E-state index in [0.717, 1.165) is 0 Å². The van der Waals surface area contributed by atoms with Gasteiger partial charge >= 0.3 is 5.97 Å². The number of nitriles is 1. The summed E-state index contributed by atoms with van der Waals surface area (Å²) in [5.41, 5.74) is -0.594. The predicted octanol–water partition coefficient (Wildman–Crippen LogP) is 1.90. The second kappa shape index (κ2) is 6.71. The zero-order valence-electron chi connectivity index (χ0n) is 11.8. The molecule has 1 N–H and O–H groups in total. The smallest absolute Gasteiger partial charge is 0.338 e. The van der Waals surface area contributed by atoms with Crippen molar-refractivity contribution in [1.29, 1.82) is 5.26 Å². The highest BCUT2D eigenvalue weighted by Crippen LogP contribution is 2.14. The molecule has 20 heavy (non-hydrogen) atoms. The molecule has 0 radical (unpaired) electrons. The van der Waals surface area contributed by atoms with Crippen LogP contribution in [0.1, 0.15) is 31.1 Å². The molecule has 1 rings (SSSR count). The molecule has 5 nitrogen and oxygen atoms in total. The van der Waals surface area contributed by atoms with E-state index in [0.29, 0.717) is 5.56 Å². The molecule has 0 fully saturated rings. The third-order valence-corrected chi connectivity index (χ3v) is 3.13. The summed E-state index contributed by atoms with van der Waals surface area (Å²) in [7, 11) is 0. The molecule has 0 unspecified atom stereocenters. The van der Waals surface area contributed by atoms with E-state index in [9.17, 15) is 9.59 Å². The minimum atomic E-state index is -0.976. The monoisotopic (exact) mass is 274 g/mol. The summed E-state index contributed by atoms with van der Waals surface area (Å²) in [6.07, 6.45) is 0. The van der Waals surface area contributed by atoms with Crippen molar-refractivity contribution in [3.05, 3.63) is 35.9 Å². The van der Waals surface area contributed by atoms with Crippen LogP contribution in [-0.4, -0.2) is 24.0 Å². The Labute approximate surface area is 118 Å². The van der Waals surface area contributed by atoms with Crippen LogP contribution in [0.5, 0.6) is 0 Å². The van der Waals surface area contributed by atoms with Gasteiger partial charge in [-0.3, -0.25) is 4.79 Å². The summed E-state index contributed by atoms with van der Waals surface area (Å²) in [5.74, 6) is -1.11. The normalized spacial score (nSPS) is 13.2. The first-order chi connectivity index (χ1) is 9.39. The Hall–Kier alpha value is -2.35. The minimum absolute atomic E-state index is 0.0544. The first-order valence-corrected chi connectivity index (χ1v) is 6.33. The number of carbonyl (C=O) groups is 2. The molecule has 0 saturated heterocycles. The van der Waals surface area contributed by atoms with Gasteiger partial charge in [0.25, 0.3) is 5.91 Å². The number of carbonyl (C=O) groups excluding carboxylic acids is 2. The Morgan fingerprint density at radius 2 is 1.95 bits per heavy atom. The Morgan fingerprint density at radius 3 is 2.45 bits per heavy atom. The van der Waals surface area contributed by atoms with E-state index in [2.05, 4.69) is 11.4 Å². The number of hydrogen-bond acceptors (Lipinski definition) is 4. The van der Waals surface area contributed by atoms with Crippen LogP contribution in [0.4, 0.5) is 0 Å². The summed E-state index contributed by atoms with van der Waals surface area (Å²) in [6.45, 7) is 4.89. The predicted molar refractivity (Wildman–Crippen MR) is 73.7 cm³/mol. The third kappa shape index (κ3) is 4.09. The minimum Gasteiger partial charge on any atom is -0.452 e. The van der Waals surface area contributed by atoms with Gasteiger partial charge in [0.05, 0.1) is 11.6 Å². The summed E-state index contributed by atoms with van der Waals surface area (Å²) < 4.78 is 4.90. The molecule has 0 aliphatic heterocycles. The van der Waals surface area contributed by atoms with Crippen LogP contribution < -0.4 is 5.32 Å². The first-order valence-electron chi connectivity index (χ1n) is 6.33. The van der Waals surface area contributed by atoms with Crippen LogP contribution in [0.2, 0.25) is 0 Å². The van der Waals surface area contributed by atoms with Gasteiger partial charge in [0.2, 0.25) is 0 Å². The highest BCUT2D eigenvalue weighted by Gasteiger charge is 2.30. The molecule has 0 bridgehead atoms. The van der Waals surface area contributed by atoms with Gasteiger partial charge in [-0.25, -0.2) is 4.79 Å². The molecule has 1 amide bonds. The quantitative estimate of drug-likeness (QED) is 0.832. The maximum absolute atomic E-state index is 11.7. The SMILES string of the molecule is CC(C)[C@](C)(C#N)NC(=O)COC(=O)c1ccccc1. The molecule has 106 valence electrons. The second-order valence-corrected chi connectivity index (χ2v) is 4.96. The molecule has 1 aromatic rings. The lowest BCUT2D eigenvalue weighted by Gasteiger charge is -2.27. The van der Waals surface area contributed by atoms with Gasteiger partial charge in [-0.2, -0.15) is 5.26 Å². The summed E-state index contributed by atoms with van der Waals surface area (Å²) in [4.78, 5) is 23.4. The molecule has 0 saturated carbocycles. The maximum atomic E-state index is 11.7. The number of hydrogen-bond donors (Lipinski definition) is 1. The van der Waals surface area contributed by atoms with Crippen molar-refractivity contribution in [2.75, 3.05) is 6.61 Å². The van der Waals surface area contributed by atoms with E-state index in [1.165, 1.54) is 0 Å². The Balaban J connectivity index is 2.53. The summed E-state index contributed by atoms with van der Waals surface area (Å²) in [5, 5.41) is 11.7. The van der Waals surface area contributed by atoms with Gasteiger partial charge in [0, 0.05) is 0 Å². The van der Waals surface area contributed by atoms with Crippen LogP contribution in [0.25, 0.3) is 0 Å². The second-order valence-electron chi connectivity index (χ2n) is 4.96. The highest BCUT2D eigenvalue weighted by atomic mass is 16.5. The summed E-state index contributed by atoms with van der Waals surface area (Å²) in [6, 6.07) is 10.5. The van der Waals surface area contributed by atoms with Crippen molar-refractivity contribution in [3.8, 4) is 6.07 Å². The molecular formula is C15H18N2O3. The van der Waals surface area contributed by atoms with E-state index in [1.54, 1.807) is 37.3 Å². The zero-order valence-corrected chi connectivity index (χ0v) is 11.8. The lowest BCUT2D eigenvalue weighted by Crippen LogP contribution is -2.50. The zero-order chi connectivity index (χ0) is 15.2. The highest BCUT2D eigenvalue weighted by molar-refractivity contribution is 5.91. The number of benzene rings is 1. The van der Waals surface area contributed by atoms with Gasteiger partial charge in [-0.1, -0.05) is 32.0 Å². The van der Waals surface area contributed by atoms with Crippen molar-refractivity contribution >= 4 is 11.9 Å². The van der Waals surface area contributed by atoms with Gasteiger partial charge in [-0.15, -0.1) is 0 Å². The fraction of sp³-hybridized carbons (Fsp3) is 0.400. The first kappa shape index (κ1) is 15.7. The number of nitrogens with one attached hydrogen (secondary N) is 1. The average Bonchev–Trinajstić information content (AvgIpc) is 2.45. The lowest BCUT2D eigenvalue weighted by atomic mass is 9.90. The van der Waals surface area contributed by atoms with Gasteiger partial charge in [0.1, 0.15) is 5.54 Å². The Morgan fingerprint density at radius 1 is 1.35 bits per heavy atom. The number of ether oxygens (including phenoxy) is 1. The third-order valence-electron chi connectivity index (χ3n) is 3.13. The van der Waals surface area contributed by atoms with Crippen molar-refractivity contribution in [1.82, 2.24) is 5.32 Å².